The normalized spacial score (nSPS) is 14.9. The molecule has 1 aliphatic rings. The number of carbonyl (C=O) groups is 2. The van der Waals surface area contributed by atoms with Crippen LogP contribution in [0.4, 0.5) is 0 Å². The van der Waals surface area contributed by atoms with Crippen molar-refractivity contribution in [2.24, 2.45) is 0 Å². The molecule has 6 nitrogen and oxygen atoms in total. The fraction of sp³-hybridized carbons (Fsp3) is 0.292. The number of benzene rings is 1. The molecule has 6 heteroatoms. The van der Waals surface area contributed by atoms with Gasteiger partial charge in [0.15, 0.2) is 0 Å². The van der Waals surface area contributed by atoms with Gasteiger partial charge in [0, 0.05) is 18.2 Å². The van der Waals surface area contributed by atoms with Gasteiger partial charge in [-0.3, -0.25) is 14.5 Å². The largest absolute Gasteiger partial charge is 0.480 e. The molecular formula is C24H27N3O3. The summed E-state index contributed by atoms with van der Waals surface area (Å²) < 4.78 is 0. The molecule has 0 unspecified atom stereocenters. The van der Waals surface area contributed by atoms with Gasteiger partial charge in [-0.05, 0) is 56.6 Å². The smallest absolute Gasteiger partial charge is 0.322 e. The Bertz CT molecular complexity index is 942. The molecule has 156 valence electrons. The molecule has 1 saturated heterocycles. The number of amides is 1. The second kappa shape index (κ2) is 10.5. The lowest BCUT2D eigenvalue weighted by Gasteiger charge is -2.14. The van der Waals surface area contributed by atoms with Crippen LogP contribution >= 0.6 is 0 Å². The maximum atomic E-state index is 11.7. The molecule has 0 bridgehead atoms. The van der Waals surface area contributed by atoms with E-state index in [9.17, 15) is 9.59 Å². The summed E-state index contributed by atoms with van der Waals surface area (Å²) in [6.45, 7) is 4.78. The van der Waals surface area contributed by atoms with Gasteiger partial charge in [0.05, 0.1) is 11.4 Å². The van der Waals surface area contributed by atoms with Crippen LogP contribution in [0.25, 0.3) is 11.6 Å². The van der Waals surface area contributed by atoms with Gasteiger partial charge < -0.3 is 10.4 Å². The molecule has 0 spiro atoms. The third-order valence-corrected chi connectivity index (χ3v) is 4.98. The highest BCUT2D eigenvalue weighted by molar-refractivity contribution is 5.93. The molecule has 1 fully saturated rings. The summed E-state index contributed by atoms with van der Waals surface area (Å²) in [4.78, 5) is 29.4. The Balaban J connectivity index is 1.83. The zero-order valence-corrected chi connectivity index (χ0v) is 17.2. The van der Waals surface area contributed by atoms with Crippen LogP contribution in [0.5, 0.6) is 0 Å². The first-order chi connectivity index (χ1) is 14.5. The third-order valence-electron chi connectivity index (χ3n) is 4.98. The van der Waals surface area contributed by atoms with E-state index in [2.05, 4.69) is 47.5 Å². The van der Waals surface area contributed by atoms with E-state index < -0.39 is 18.4 Å². The molecule has 30 heavy (non-hydrogen) atoms. The molecule has 3 rings (SSSR count). The predicted octanol–water partition coefficient (Wildman–Crippen LogP) is 3.13. The van der Waals surface area contributed by atoms with Crippen LogP contribution in [0.3, 0.4) is 0 Å². The summed E-state index contributed by atoms with van der Waals surface area (Å²) in [5.41, 5.74) is 4.85. The van der Waals surface area contributed by atoms with Gasteiger partial charge in [-0.2, -0.15) is 0 Å². The first-order valence-corrected chi connectivity index (χ1v) is 10.2. The summed E-state index contributed by atoms with van der Waals surface area (Å²) in [6.07, 6.45) is 7.61. The van der Waals surface area contributed by atoms with Crippen molar-refractivity contribution in [3.05, 3.63) is 77.1 Å². The van der Waals surface area contributed by atoms with E-state index in [1.54, 1.807) is 6.08 Å². The highest BCUT2D eigenvalue weighted by Crippen LogP contribution is 2.23. The maximum Gasteiger partial charge on any atom is 0.322 e. The Kier molecular flexibility index (Phi) is 7.51. The number of carboxylic acids is 1. The van der Waals surface area contributed by atoms with E-state index in [0.717, 1.165) is 36.5 Å². The number of pyridine rings is 1. The third kappa shape index (κ3) is 6.39. The number of aliphatic carboxylic acids is 1. The van der Waals surface area contributed by atoms with E-state index in [1.807, 2.05) is 18.2 Å². The summed E-state index contributed by atoms with van der Waals surface area (Å²) in [5, 5.41) is 10.9. The number of carbonyl (C=O) groups excluding carboxylic acids is 1. The van der Waals surface area contributed by atoms with E-state index in [0.29, 0.717) is 5.69 Å². The van der Waals surface area contributed by atoms with Crippen LogP contribution < -0.4 is 5.32 Å². The number of hydrogen-bond acceptors (Lipinski definition) is 4. The van der Waals surface area contributed by atoms with Crippen molar-refractivity contribution in [1.82, 2.24) is 15.2 Å². The van der Waals surface area contributed by atoms with Crippen LogP contribution in [0.2, 0.25) is 0 Å². The summed E-state index contributed by atoms with van der Waals surface area (Å²) in [5.74, 6) is -1.55. The fourth-order valence-corrected chi connectivity index (χ4v) is 3.37. The lowest BCUT2D eigenvalue weighted by atomic mass is 10.00. The van der Waals surface area contributed by atoms with Gasteiger partial charge in [0.1, 0.15) is 6.54 Å². The number of nitrogens with zero attached hydrogens (tertiary/aromatic N) is 2. The molecule has 0 atom stereocenters. The van der Waals surface area contributed by atoms with Crippen LogP contribution in [0.1, 0.15) is 35.4 Å². The van der Waals surface area contributed by atoms with E-state index in [1.165, 1.54) is 24.5 Å². The predicted molar refractivity (Wildman–Crippen MR) is 118 cm³/mol. The standard InChI is InChI=1S/C24H27N3O3/c1-18-7-9-19(10-8-18)21(13-16-27-14-2-3-15-27)22-6-4-5-20(26-22)11-12-23(28)25-17-24(29)30/h4-13H,2-3,14-17H2,1H3,(H,25,28)(H,29,30)/b12-11+,21-13+. The van der Waals surface area contributed by atoms with Crippen LogP contribution in [-0.2, 0) is 9.59 Å². The van der Waals surface area contributed by atoms with Crippen LogP contribution in [0.15, 0.2) is 54.6 Å². The highest BCUT2D eigenvalue weighted by atomic mass is 16.4. The Labute approximate surface area is 176 Å². The number of carboxylic acid groups (broad SMARTS) is 1. The number of likely N-dealkylation sites (tertiary alicyclic amines) is 1. The maximum absolute atomic E-state index is 11.7. The molecule has 1 aromatic heterocycles. The van der Waals surface area contributed by atoms with Crippen molar-refractivity contribution in [2.45, 2.75) is 19.8 Å². The minimum atomic E-state index is -1.08. The monoisotopic (exact) mass is 405 g/mol. The van der Waals surface area contributed by atoms with Gasteiger partial charge in [-0.1, -0.05) is 42.0 Å². The summed E-state index contributed by atoms with van der Waals surface area (Å²) in [6, 6.07) is 14.1. The molecular weight excluding hydrogens is 378 g/mol. The Morgan fingerprint density at radius 1 is 1.13 bits per heavy atom. The lowest BCUT2D eigenvalue weighted by molar-refractivity contribution is -0.137. The Morgan fingerprint density at radius 2 is 1.87 bits per heavy atom. The van der Waals surface area contributed by atoms with Crippen LogP contribution in [-0.4, -0.2) is 53.0 Å². The number of hydrogen-bond donors (Lipinski definition) is 2. The summed E-state index contributed by atoms with van der Waals surface area (Å²) in [7, 11) is 0. The fourth-order valence-electron chi connectivity index (χ4n) is 3.37. The summed E-state index contributed by atoms with van der Waals surface area (Å²) >= 11 is 0. The molecule has 1 aromatic carbocycles. The molecule has 0 saturated carbocycles. The molecule has 0 aliphatic carbocycles. The highest BCUT2D eigenvalue weighted by Gasteiger charge is 2.12. The Hall–Kier alpha value is -3.25. The van der Waals surface area contributed by atoms with Crippen molar-refractivity contribution >= 4 is 23.5 Å². The first kappa shape index (κ1) is 21.5. The van der Waals surface area contributed by atoms with Gasteiger partial charge in [-0.15, -0.1) is 0 Å². The van der Waals surface area contributed by atoms with Gasteiger partial charge >= 0.3 is 5.97 Å². The Morgan fingerprint density at radius 3 is 2.57 bits per heavy atom. The van der Waals surface area contributed by atoms with Crippen LogP contribution in [0, 0.1) is 6.92 Å². The minimum Gasteiger partial charge on any atom is -0.480 e. The first-order valence-electron chi connectivity index (χ1n) is 10.2. The SMILES string of the molecule is Cc1ccc(/C(=C\CN2CCCC2)c2cccc(/C=C/C(=O)NCC(=O)O)n2)cc1. The van der Waals surface area contributed by atoms with Gasteiger partial charge in [0.25, 0.3) is 0 Å². The zero-order valence-electron chi connectivity index (χ0n) is 17.2. The zero-order chi connectivity index (χ0) is 21.3. The second-order valence-corrected chi connectivity index (χ2v) is 7.38. The van der Waals surface area contributed by atoms with E-state index in [4.69, 9.17) is 10.1 Å². The molecule has 2 N–H and O–H groups in total. The second-order valence-electron chi connectivity index (χ2n) is 7.38. The molecule has 1 aliphatic heterocycles. The van der Waals surface area contributed by atoms with E-state index >= 15 is 0 Å². The quantitative estimate of drug-likeness (QED) is 0.660. The molecule has 1 amide bonds. The van der Waals surface area contributed by atoms with E-state index in [-0.39, 0.29) is 0 Å². The lowest BCUT2D eigenvalue weighted by Crippen LogP contribution is -2.27. The van der Waals surface area contributed by atoms with Crippen molar-refractivity contribution in [3.8, 4) is 0 Å². The van der Waals surface area contributed by atoms with Crippen molar-refractivity contribution in [3.63, 3.8) is 0 Å². The van der Waals surface area contributed by atoms with Crippen molar-refractivity contribution in [2.75, 3.05) is 26.2 Å². The molecule has 2 aromatic rings. The topological polar surface area (TPSA) is 82.5 Å². The number of aromatic nitrogens is 1. The molecule has 0 radical (unpaired) electrons. The van der Waals surface area contributed by atoms with Gasteiger partial charge in [0.2, 0.25) is 5.91 Å². The van der Waals surface area contributed by atoms with Crippen molar-refractivity contribution in [1.29, 1.82) is 0 Å². The number of nitrogens with one attached hydrogen (secondary N) is 1. The average Bonchev–Trinajstić information content (AvgIpc) is 3.26. The van der Waals surface area contributed by atoms with Crippen molar-refractivity contribution < 1.29 is 14.7 Å². The number of aryl methyl sites for hydroxylation is 1. The average molecular weight is 405 g/mol. The molecule has 2 heterocycles. The number of rotatable bonds is 8. The van der Waals surface area contributed by atoms with Gasteiger partial charge in [-0.25, -0.2) is 4.98 Å². The minimum absolute atomic E-state index is 0.409.